The summed E-state index contributed by atoms with van der Waals surface area (Å²) in [5.41, 5.74) is 2.01. The number of thiophene rings is 1. The van der Waals surface area contributed by atoms with E-state index in [1.807, 2.05) is 24.3 Å². The number of carbonyl (C=O) groups is 1. The average molecular weight is 484 g/mol. The molecule has 2 bridgehead atoms. The Balaban J connectivity index is 1.45. The van der Waals surface area contributed by atoms with Crippen molar-refractivity contribution in [2.45, 2.75) is 37.8 Å². The van der Waals surface area contributed by atoms with Crippen molar-refractivity contribution in [2.75, 3.05) is 36.5 Å². The molecular formula is C24H26ClN5O2S. The van der Waals surface area contributed by atoms with Crippen LogP contribution in [0.4, 0.5) is 11.8 Å². The second-order valence-electron chi connectivity index (χ2n) is 9.04. The quantitative estimate of drug-likeness (QED) is 0.575. The van der Waals surface area contributed by atoms with Crippen molar-refractivity contribution >= 4 is 50.8 Å². The first-order valence-electron chi connectivity index (χ1n) is 11.6. The molecule has 1 aromatic carbocycles. The molecule has 3 aliphatic heterocycles. The normalized spacial score (nSPS) is 24.9. The molecule has 0 saturated carbocycles. The van der Waals surface area contributed by atoms with Crippen LogP contribution in [0.15, 0.2) is 29.6 Å². The first-order valence-corrected chi connectivity index (χ1v) is 12.9. The van der Waals surface area contributed by atoms with E-state index in [4.69, 9.17) is 26.3 Å². The number of benzene rings is 1. The number of piperidine rings is 1. The van der Waals surface area contributed by atoms with Gasteiger partial charge in [0.1, 0.15) is 10.6 Å². The number of nitrogens with one attached hydrogen (secondary N) is 2. The summed E-state index contributed by atoms with van der Waals surface area (Å²) >= 11 is 8.14. The van der Waals surface area contributed by atoms with E-state index in [-0.39, 0.29) is 23.9 Å². The Morgan fingerprint density at radius 1 is 1.15 bits per heavy atom. The fraction of sp³-hybridized carbons (Fsp3) is 0.458. The predicted molar refractivity (Wildman–Crippen MR) is 132 cm³/mol. The molecule has 0 aliphatic carbocycles. The Morgan fingerprint density at radius 2 is 1.97 bits per heavy atom. The van der Waals surface area contributed by atoms with Crippen LogP contribution in [0.5, 0.6) is 0 Å². The van der Waals surface area contributed by atoms with Crippen LogP contribution in [0.2, 0.25) is 5.02 Å². The van der Waals surface area contributed by atoms with Crippen molar-refractivity contribution in [3.05, 3.63) is 34.7 Å². The molecule has 3 fully saturated rings. The van der Waals surface area contributed by atoms with Gasteiger partial charge in [0.15, 0.2) is 0 Å². The second kappa shape index (κ2) is 8.83. The van der Waals surface area contributed by atoms with Crippen molar-refractivity contribution in [3.63, 3.8) is 0 Å². The lowest BCUT2D eigenvalue weighted by atomic mass is 9.99. The van der Waals surface area contributed by atoms with Crippen LogP contribution >= 0.6 is 22.9 Å². The number of rotatable bonds is 4. The molecule has 3 aromatic rings. The molecule has 2 aromatic heterocycles. The first kappa shape index (κ1) is 21.3. The zero-order valence-electron chi connectivity index (χ0n) is 18.2. The van der Waals surface area contributed by atoms with Crippen molar-refractivity contribution in [1.29, 1.82) is 0 Å². The number of carbonyl (C=O) groups excluding carboxylic acids is 1. The van der Waals surface area contributed by atoms with Crippen LogP contribution in [0.1, 0.15) is 25.7 Å². The molecule has 3 saturated heterocycles. The Bertz CT molecular complexity index is 1180. The van der Waals surface area contributed by atoms with Crippen molar-refractivity contribution in [1.82, 2.24) is 15.3 Å². The van der Waals surface area contributed by atoms with Gasteiger partial charge in [0.05, 0.1) is 36.6 Å². The number of morpholine rings is 1. The van der Waals surface area contributed by atoms with Crippen molar-refractivity contribution in [3.8, 4) is 11.1 Å². The van der Waals surface area contributed by atoms with E-state index in [2.05, 4.69) is 20.9 Å². The van der Waals surface area contributed by atoms with Gasteiger partial charge in [-0.1, -0.05) is 29.8 Å². The highest BCUT2D eigenvalue weighted by Crippen LogP contribution is 2.44. The van der Waals surface area contributed by atoms with Crippen molar-refractivity contribution < 1.29 is 9.53 Å². The van der Waals surface area contributed by atoms with E-state index >= 15 is 0 Å². The molecule has 2 N–H and O–H groups in total. The van der Waals surface area contributed by atoms with Gasteiger partial charge in [-0.15, -0.1) is 11.3 Å². The molecule has 33 heavy (non-hydrogen) atoms. The van der Waals surface area contributed by atoms with Crippen LogP contribution in [0.25, 0.3) is 21.3 Å². The fourth-order valence-electron chi connectivity index (χ4n) is 5.31. The lowest BCUT2D eigenvalue weighted by Crippen LogP contribution is -2.46. The van der Waals surface area contributed by atoms with Gasteiger partial charge < -0.3 is 15.0 Å². The van der Waals surface area contributed by atoms with E-state index in [9.17, 15) is 4.79 Å². The second-order valence-corrected chi connectivity index (χ2v) is 10.3. The zero-order chi connectivity index (χ0) is 22.4. The summed E-state index contributed by atoms with van der Waals surface area (Å²) in [6.45, 7) is 3.06. The molecule has 9 heteroatoms. The standard InChI is InChI=1S/C24H26ClN5O2S/c25-19-6-2-1-5-17(19)18-13-33-23-20(18)21(30-15-7-8-16(30)12-32-11-15)27-24(29-23)28-22(31)14-4-3-9-26-10-14/h1-2,5-6,13-16,26H,3-4,7-12H2,(H,27,28,29,31). The van der Waals surface area contributed by atoms with Crippen LogP contribution in [0, 0.1) is 5.92 Å². The minimum absolute atomic E-state index is 0.0136. The fourth-order valence-corrected chi connectivity index (χ4v) is 6.48. The number of anilines is 2. The summed E-state index contributed by atoms with van der Waals surface area (Å²) in [6.07, 6.45) is 4.05. The van der Waals surface area contributed by atoms with Gasteiger partial charge >= 0.3 is 0 Å². The molecule has 172 valence electrons. The average Bonchev–Trinajstić information content (AvgIpc) is 3.37. The van der Waals surface area contributed by atoms with Gasteiger partial charge in [-0.3, -0.25) is 10.1 Å². The Morgan fingerprint density at radius 3 is 2.73 bits per heavy atom. The maximum atomic E-state index is 12.9. The van der Waals surface area contributed by atoms with Gasteiger partial charge in [-0.25, -0.2) is 4.98 Å². The lowest BCUT2D eigenvalue weighted by Gasteiger charge is -2.36. The number of hydrogen-bond donors (Lipinski definition) is 2. The first-order chi connectivity index (χ1) is 16.2. The molecule has 3 unspecified atom stereocenters. The van der Waals surface area contributed by atoms with E-state index in [0.717, 1.165) is 59.4 Å². The molecule has 0 radical (unpaired) electrons. The third-order valence-corrected chi connectivity index (χ3v) is 8.17. The highest BCUT2D eigenvalue weighted by atomic mass is 35.5. The summed E-state index contributed by atoms with van der Waals surface area (Å²) in [5, 5.41) is 10.1. The van der Waals surface area contributed by atoms with Crippen LogP contribution in [0.3, 0.4) is 0 Å². The van der Waals surface area contributed by atoms with Gasteiger partial charge in [0, 0.05) is 28.1 Å². The SMILES string of the molecule is O=C(Nc1nc(N2C3CCC2COC3)c2c(-c3ccccc3Cl)csc2n1)C1CCCNC1. The molecule has 3 atom stereocenters. The molecule has 7 nitrogen and oxygen atoms in total. The van der Waals surface area contributed by atoms with E-state index in [0.29, 0.717) is 30.7 Å². The summed E-state index contributed by atoms with van der Waals surface area (Å²) in [7, 11) is 0. The molecule has 0 spiro atoms. The largest absolute Gasteiger partial charge is 0.377 e. The number of aromatic nitrogens is 2. The molecule has 3 aliphatic rings. The third kappa shape index (κ3) is 3.89. The Hall–Kier alpha value is -2.26. The number of amides is 1. The number of halogens is 1. The zero-order valence-corrected chi connectivity index (χ0v) is 19.8. The molecular weight excluding hydrogens is 458 g/mol. The summed E-state index contributed by atoms with van der Waals surface area (Å²) in [6, 6.07) is 8.45. The molecule has 6 rings (SSSR count). The topological polar surface area (TPSA) is 79.4 Å². The maximum absolute atomic E-state index is 12.9. The number of fused-ring (bicyclic) bond motifs is 3. The van der Waals surface area contributed by atoms with Gasteiger partial charge in [-0.2, -0.15) is 4.98 Å². The Labute approximate surface area is 201 Å². The van der Waals surface area contributed by atoms with Crippen LogP contribution < -0.4 is 15.5 Å². The monoisotopic (exact) mass is 483 g/mol. The Kier molecular flexibility index (Phi) is 5.70. The highest BCUT2D eigenvalue weighted by Gasteiger charge is 2.40. The lowest BCUT2D eigenvalue weighted by molar-refractivity contribution is -0.120. The van der Waals surface area contributed by atoms with Gasteiger partial charge in [-0.05, 0) is 38.3 Å². The minimum Gasteiger partial charge on any atom is -0.377 e. The molecule has 5 heterocycles. The summed E-state index contributed by atoms with van der Waals surface area (Å²) in [4.78, 5) is 25.9. The van der Waals surface area contributed by atoms with E-state index in [1.54, 1.807) is 11.3 Å². The van der Waals surface area contributed by atoms with E-state index in [1.165, 1.54) is 0 Å². The predicted octanol–water partition coefficient (Wildman–Crippen LogP) is 4.32. The number of hydrogen-bond acceptors (Lipinski definition) is 7. The van der Waals surface area contributed by atoms with Crippen LogP contribution in [-0.4, -0.2) is 54.3 Å². The number of nitrogens with zero attached hydrogens (tertiary/aromatic N) is 3. The number of ether oxygens (including phenoxy) is 1. The summed E-state index contributed by atoms with van der Waals surface area (Å²) in [5.74, 6) is 1.19. The van der Waals surface area contributed by atoms with Crippen LogP contribution in [-0.2, 0) is 9.53 Å². The van der Waals surface area contributed by atoms with Gasteiger partial charge in [0.25, 0.3) is 0 Å². The maximum Gasteiger partial charge on any atom is 0.232 e. The van der Waals surface area contributed by atoms with E-state index < -0.39 is 0 Å². The summed E-state index contributed by atoms with van der Waals surface area (Å²) < 4.78 is 5.83. The minimum atomic E-state index is -0.0527. The molecule has 1 amide bonds. The highest BCUT2D eigenvalue weighted by molar-refractivity contribution is 7.17. The van der Waals surface area contributed by atoms with Gasteiger partial charge in [0.2, 0.25) is 11.9 Å². The smallest absolute Gasteiger partial charge is 0.232 e. The third-order valence-electron chi connectivity index (χ3n) is 6.97. The van der Waals surface area contributed by atoms with Crippen molar-refractivity contribution in [2.24, 2.45) is 5.92 Å².